The summed E-state index contributed by atoms with van der Waals surface area (Å²) >= 11 is 0. The van der Waals surface area contributed by atoms with Crippen LogP contribution in [0.4, 0.5) is 5.69 Å². The van der Waals surface area contributed by atoms with Crippen LogP contribution in [0.15, 0.2) is 18.3 Å². The summed E-state index contributed by atoms with van der Waals surface area (Å²) in [6.45, 7) is 2.83. The predicted molar refractivity (Wildman–Crippen MR) is 64.1 cm³/mol. The molecule has 1 aromatic heterocycles. The van der Waals surface area contributed by atoms with Gasteiger partial charge in [-0.1, -0.05) is 6.92 Å². The highest BCUT2D eigenvalue weighted by Crippen LogP contribution is 2.07. The minimum Gasteiger partial charge on any atom is -0.385 e. The lowest BCUT2D eigenvalue weighted by molar-refractivity contribution is 0.0995. The summed E-state index contributed by atoms with van der Waals surface area (Å²) in [6, 6.07) is 3.65. The zero-order valence-electron chi connectivity index (χ0n) is 9.44. The summed E-state index contributed by atoms with van der Waals surface area (Å²) in [4.78, 5) is 14.8. The van der Waals surface area contributed by atoms with Crippen molar-refractivity contribution in [2.24, 2.45) is 11.5 Å². The molecule has 1 unspecified atom stereocenters. The fourth-order valence-electron chi connectivity index (χ4n) is 1.28. The van der Waals surface area contributed by atoms with Gasteiger partial charge in [-0.3, -0.25) is 9.78 Å². The largest absolute Gasteiger partial charge is 0.385 e. The molecule has 0 aromatic carbocycles. The fourth-order valence-corrected chi connectivity index (χ4v) is 1.28. The maximum atomic E-state index is 10.9. The van der Waals surface area contributed by atoms with Crippen molar-refractivity contribution >= 4 is 11.6 Å². The Labute approximate surface area is 95.2 Å². The van der Waals surface area contributed by atoms with Crippen LogP contribution < -0.4 is 16.8 Å². The van der Waals surface area contributed by atoms with Crippen molar-refractivity contribution in [3.63, 3.8) is 0 Å². The zero-order chi connectivity index (χ0) is 12.0. The highest BCUT2D eigenvalue weighted by molar-refractivity contribution is 5.91. The number of primary amides is 1. The Morgan fingerprint density at radius 1 is 1.62 bits per heavy atom. The van der Waals surface area contributed by atoms with E-state index in [0.717, 1.165) is 25.1 Å². The fraction of sp³-hybridized carbons (Fsp3) is 0.455. The molecule has 0 aliphatic heterocycles. The van der Waals surface area contributed by atoms with E-state index in [0.29, 0.717) is 0 Å². The number of hydrogen-bond acceptors (Lipinski definition) is 4. The Morgan fingerprint density at radius 2 is 2.38 bits per heavy atom. The minimum absolute atomic E-state index is 0.213. The van der Waals surface area contributed by atoms with E-state index in [4.69, 9.17) is 11.5 Å². The number of aromatic nitrogens is 1. The summed E-state index contributed by atoms with van der Waals surface area (Å²) in [5.74, 6) is -0.520. The van der Waals surface area contributed by atoms with Gasteiger partial charge < -0.3 is 16.8 Å². The van der Waals surface area contributed by atoms with Crippen molar-refractivity contribution < 1.29 is 4.79 Å². The Kier molecular flexibility index (Phi) is 4.72. The average molecular weight is 222 g/mol. The molecule has 0 saturated carbocycles. The monoisotopic (exact) mass is 222 g/mol. The quantitative estimate of drug-likeness (QED) is 0.661. The second-order valence-electron chi connectivity index (χ2n) is 3.68. The van der Waals surface area contributed by atoms with Gasteiger partial charge in [0.05, 0.1) is 0 Å². The van der Waals surface area contributed by atoms with E-state index in [9.17, 15) is 4.79 Å². The van der Waals surface area contributed by atoms with Crippen LogP contribution in [0.5, 0.6) is 0 Å². The van der Waals surface area contributed by atoms with Crippen LogP contribution in [0.25, 0.3) is 0 Å². The lowest BCUT2D eigenvalue weighted by atomic mass is 10.2. The molecule has 0 aliphatic carbocycles. The number of nitrogens with one attached hydrogen (secondary N) is 1. The summed E-state index contributed by atoms with van der Waals surface area (Å²) in [7, 11) is 0. The van der Waals surface area contributed by atoms with Crippen LogP contribution in [-0.2, 0) is 0 Å². The topological polar surface area (TPSA) is 94.0 Å². The van der Waals surface area contributed by atoms with E-state index in [1.807, 2.05) is 0 Å². The molecule has 0 aliphatic rings. The highest BCUT2D eigenvalue weighted by atomic mass is 16.1. The molecule has 1 atom stereocenters. The molecular formula is C11H18N4O. The normalized spacial score (nSPS) is 12.1. The van der Waals surface area contributed by atoms with Crippen molar-refractivity contribution in [3.8, 4) is 0 Å². The number of carbonyl (C=O) groups is 1. The highest BCUT2D eigenvalue weighted by Gasteiger charge is 2.03. The number of nitrogens with zero attached hydrogens (tertiary/aromatic N) is 1. The summed E-state index contributed by atoms with van der Waals surface area (Å²) in [5, 5.41) is 3.18. The molecule has 5 nitrogen and oxygen atoms in total. The molecule has 0 saturated heterocycles. The van der Waals surface area contributed by atoms with Crippen molar-refractivity contribution in [3.05, 3.63) is 24.0 Å². The Hall–Kier alpha value is -1.62. The smallest absolute Gasteiger partial charge is 0.267 e. The molecule has 0 bridgehead atoms. The van der Waals surface area contributed by atoms with Gasteiger partial charge in [0.2, 0.25) is 0 Å². The van der Waals surface area contributed by atoms with E-state index >= 15 is 0 Å². The van der Waals surface area contributed by atoms with Gasteiger partial charge in [0.15, 0.2) is 0 Å². The number of nitrogens with two attached hydrogens (primary N) is 2. The lowest BCUT2D eigenvalue weighted by Gasteiger charge is -2.10. The lowest BCUT2D eigenvalue weighted by Crippen LogP contribution is -2.22. The third-order valence-electron chi connectivity index (χ3n) is 2.38. The number of carbonyl (C=O) groups excluding carboxylic acids is 1. The third-order valence-corrected chi connectivity index (χ3v) is 2.38. The van der Waals surface area contributed by atoms with Gasteiger partial charge in [-0.05, 0) is 25.0 Å². The van der Waals surface area contributed by atoms with Crippen LogP contribution in [0, 0.1) is 0 Å². The van der Waals surface area contributed by atoms with E-state index in [1.54, 1.807) is 18.3 Å². The number of amides is 1. The first kappa shape index (κ1) is 12.4. The van der Waals surface area contributed by atoms with E-state index in [2.05, 4.69) is 17.2 Å². The van der Waals surface area contributed by atoms with Crippen LogP contribution in [-0.4, -0.2) is 23.5 Å². The van der Waals surface area contributed by atoms with Crippen molar-refractivity contribution in [2.45, 2.75) is 25.8 Å². The van der Waals surface area contributed by atoms with Gasteiger partial charge >= 0.3 is 0 Å². The number of rotatable bonds is 6. The molecule has 88 valence electrons. The van der Waals surface area contributed by atoms with E-state index in [1.165, 1.54) is 0 Å². The maximum absolute atomic E-state index is 10.9. The molecule has 5 N–H and O–H groups in total. The second-order valence-corrected chi connectivity index (χ2v) is 3.68. The SMILES string of the molecule is CCC(N)CCNc1ccnc(C(N)=O)c1. The van der Waals surface area contributed by atoms with Gasteiger partial charge in [-0.2, -0.15) is 0 Å². The summed E-state index contributed by atoms with van der Waals surface area (Å²) in [6.07, 6.45) is 3.41. The predicted octanol–water partition coefficient (Wildman–Crippen LogP) is 0.720. The molecule has 1 amide bonds. The van der Waals surface area contributed by atoms with Gasteiger partial charge in [0.1, 0.15) is 5.69 Å². The zero-order valence-corrected chi connectivity index (χ0v) is 9.44. The molecule has 1 aromatic rings. The van der Waals surface area contributed by atoms with Gasteiger partial charge in [0.25, 0.3) is 5.91 Å². The Balaban J connectivity index is 2.48. The van der Waals surface area contributed by atoms with Gasteiger partial charge in [0, 0.05) is 24.5 Å². The standard InChI is InChI=1S/C11H18N4O/c1-2-8(12)3-5-14-9-4-6-15-10(7-9)11(13)16/h4,6-8H,2-3,5,12H2,1H3,(H2,13,16)(H,14,15). The maximum Gasteiger partial charge on any atom is 0.267 e. The first-order valence-corrected chi connectivity index (χ1v) is 5.38. The van der Waals surface area contributed by atoms with Gasteiger partial charge in [-0.15, -0.1) is 0 Å². The Morgan fingerprint density at radius 3 is 3.00 bits per heavy atom. The average Bonchev–Trinajstić information content (AvgIpc) is 2.29. The number of pyridine rings is 1. The van der Waals surface area contributed by atoms with E-state index in [-0.39, 0.29) is 11.7 Å². The van der Waals surface area contributed by atoms with Crippen molar-refractivity contribution in [2.75, 3.05) is 11.9 Å². The molecule has 1 rings (SSSR count). The first-order valence-electron chi connectivity index (χ1n) is 5.38. The Bertz CT molecular complexity index is 354. The summed E-state index contributed by atoms with van der Waals surface area (Å²) in [5.41, 5.74) is 12.0. The molecule has 0 spiro atoms. The van der Waals surface area contributed by atoms with Gasteiger partial charge in [-0.25, -0.2) is 0 Å². The van der Waals surface area contributed by atoms with Crippen molar-refractivity contribution in [1.29, 1.82) is 0 Å². The molecule has 1 heterocycles. The molecule has 0 fully saturated rings. The molecule has 5 heteroatoms. The van der Waals surface area contributed by atoms with Crippen LogP contribution in [0.3, 0.4) is 0 Å². The van der Waals surface area contributed by atoms with Crippen molar-refractivity contribution in [1.82, 2.24) is 4.98 Å². The van der Waals surface area contributed by atoms with Crippen LogP contribution in [0.1, 0.15) is 30.3 Å². The molecular weight excluding hydrogens is 204 g/mol. The van der Waals surface area contributed by atoms with Crippen LogP contribution >= 0.6 is 0 Å². The second kappa shape index (κ2) is 6.07. The third kappa shape index (κ3) is 3.86. The summed E-state index contributed by atoms with van der Waals surface area (Å²) < 4.78 is 0. The molecule has 16 heavy (non-hydrogen) atoms. The minimum atomic E-state index is -0.520. The first-order chi connectivity index (χ1) is 7.63. The van der Waals surface area contributed by atoms with E-state index < -0.39 is 5.91 Å². The number of hydrogen-bond donors (Lipinski definition) is 3. The number of anilines is 1. The molecule has 0 radical (unpaired) electrons. The van der Waals surface area contributed by atoms with Crippen LogP contribution in [0.2, 0.25) is 0 Å².